The van der Waals surface area contributed by atoms with Gasteiger partial charge in [-0.25, -0.2) is 0 Å². The zero-order valence-corrected chi connectivity index (χ0v) is 37.7. The smallest absolute Gasteiger partial charge is 0.306 e. The van der Waals surface area contributed by atoms with Crippen LogP contribution in [0.25, 0.3) is 0 Å². The zero-order valence-electron chi connectivity index (χ0n) is 37.7. The molecule has 1 rings (SSSR count). The fraction of sp³-hybridized carbons (Fsp3) is 0.706. The number of aliphatic hydroxyl groups excluding tert-OH is 4. The topological polar surface area (TPSA) is 135 Å². The molecule has 0 aromatic heterocycles. The third-order valence-corrected chi connectivity index (χ3v) is 10.3. The SMILES string of the molecule is CC/C=C\C/C=C\C/C=C\C/C=C\C/C=C\CCCCOCC(COC1OC(CO)C(O)C(O)C1O)OC(=O)CCCCCCCCCCC/C=C\C/C=C\CCCCC. The van der Waals surface area contributed by atoms with Gasteiger partial charge < -0.3 is 39.4 Å². The van der Waals surface area contributed by atoms with E-state index in [4.69, 9.17) is 18.9 Å². The van der Waals surface area contributed by atoms with Crippen LogP contribution in [0.3, 0.4) is 0 Å². The molecule has 0 aliphatic carbocycles. The Morgan fingerprint density at radius 2 is 1.02 bits per heavy atom. The Bertz CT molecular complexity index is 1190. The van der Waals surface area contributed by atoms with Crippen molar-refractivity contribution < 1.29 is 44.2 Å². The number of ether oxygens (including phenoxy) is 4. The number of aliphatic hydroxyl groups is 4. The van der Waals surface area contributed by atoms with Gasteiger partial charge in [0.15, 0.2) is 6.29 Å². The number of unbranched alkanes of at least 4 members (excludes halogenated alkanes) is 14. The normalized spacial score (nSPS) is 20.8. The van der Waals surface area contributed by atoms with E-state index in [-0.39, 0.29) is 19.2 Å². The standard InChI is InChI=1S/C51H86O9/c1-3-5-7-9-11-13-15-17-19-21-23-24-26-28-30-32-34-36-38-40-47(53)59-45(44-58-51-50(56)49(55)48(54)46(42-52)60-51)43-57-41-39-37-35-33-31-29-27-25-22-20-18-16-14-12-10-8-6-4-2/h6,8,11-14,17-20,25,27,31,33,45-46,48-52,54-56H,3-5,7,9-10,15-16,21-24,26,28-30,32,34-44H2,1-2H3/b8-6-,13-11-,14-12-,19-17-,20-18-,27-25-,33-31-. The molecule has 0 aromatic carbocycles. The van der Waals surface area contributed by atoms with E-state index < -0.39 is 43.4 Å². The van der Waals surface area contributed by atoms with Crippen molar-refractivity contribution in [2.24, 2.45) is 0 Å². The van der Waals surface area contributed by atoms with Crippen LogP contribution in [0.4, 0.5) is 0 Å². The monoisotopic (exact) mass is 843 g/mol. The van der Waals surface area contributed by atoms with Crippen LogP contribution in [-0.2, 0) is 23.7 Å². The minimum Gasteiger partial charge on any atom is -0.457 e. The molecule has 0 aromatic rings. The number of carbonyl (C=O) groups excluding carboxylic acids is 1. The average molecular weight is 843 g/mol. The summed E-state index contributed by atoms with van der Waals surface area (Å²) < 4.78 is 22.8. The van der Waals surface area contributed by atoms with E-state index in [0.29, 0.717) is 13.0 Å². The number of esters is 1. The number of carbonyl (C=O) groups is 1. The van der Waals surface area contributed by atoms with Crippen LogP contribution in [0.5, 0.6) is 0 Å². The van der Waals surface area contributed by atoms with Gasteiger partial charge in [0, 0.05) is 13.0 Å². The molecule has 344 valence electrons. The highest BCUT2D eigenvalue weighted by Gasteiger charge is 2.44. The second-order valence-corrected chi connectivity index (χ2v) is 15.8. The summed E-state index contributed by atoms with van der Waals surface area (Å²) in [5.74, 6) is -0.337. The summed E-state index contributed by atoms with van der Waals surface area (Å²) >= 11 is 0. The van der Waals surface area contributed by atoms with Gasteiger partial charge in [-0.1, -0.05) is 157 Å². The fourth-order valence-electron chi connectivity index (χ4n) is 6.61. The molecule has 0 spiro atoms. The maximum absolute atomic E-state index is 12.8. The number of allylic oxidation sites excluding steroid dienone is 14. The van der Waals surface area contributed by atoms with Gasteiger partial charge in [-0.3, -0.25) is 4.79 Å². The van der Waals surface area contributed by atoms with Crippen molar-refractivity contribution in [3.63, 3.8) is 0 Å². The van der Waals surface area contributed by atoms with Crippen molar-refractivity contribution in [1.82, 2.24) is 0 Å². The molecule has 0 amide bonds. The van der Waals surface area contributed by atoms with Crippen LogP contribution in [0.2, 0.25) is 0 Å². The molecule has 9 heteroatoms. The molecule has 6 atom stereocenters. The van der Waals surface area contributed by atoms with Crippen LogP contribution < -0.4 is 0 Å². The number of hydrogen-bond acceptors (Lipinski definition) is 9. The highest BCUT2D eigenvalue weighted by molar-refractivity contribution is 5.69. The maximum atomic E-state index is 12.8. The second-order valence-electron chi connectivity index (χ2n) is 15.8. The first-order chi connectivity index (χ1) is 29.4. The molecule has 60 heavy (non-hydrogen) atoms. The van der Waals surface area contributed by atoms with Crippen LogP contribution >= 0.6 is 0 Å². The van der Waals surface area contributed by atoms with Crippen molar-refractivity contribution in [3.8, 4) is 0 Å². The third kappa shape index (κ3) is 32.1. The van der Waals surface area contributed by atoms with Gasteiger partial charge in [0.1, 0.15) is 30.5 Å². The van der Waals surface area contributed by atoms with E-state index in [2.05, 4.69) is 98.9 Å². The number of hydrogen-bond donors (Lipinski definition) is 4. The van der Waals surface area contributed by atoms with E-state index in [1.54, 1.807) is 0 Å². The highest BCUT2D eigenvalue weighted by Crippen LogP contribution is 2.22. The largest absolute Gasteiger partial charge is 0.457 e. The predicted octanol–water partition coefficient (Wildman–Crippen LogP) is 11.0. The van der Waals surface area contributed by atoms with Gasteiger partial charge in [-0.2, -0.15) is 0 Å². The molecule has 1 fully saturated rings. The highest BCUT2D eigenvalue weighted by atomic mass is 16.7. The predicted molar refractivity (Wildman–Crippen MR) is 247 cm³/mol. The molecule has 1 aliphatic heterocycles. The van der Waals surface area contributed by atoms with Crippen molar-refractivity contribution in [3.05, 3.63) is 85.1 Å². The Balaban J connectivity index is 2.29. The average Bonchev–Trinajstić information content (AvgIpc) is 3.25. The maximum Gasteiger partial charge on any atom is 0.306 e. The van der Waals surface area contributed by atoms with Crippen molar-refractivity contribution >= 4 is 5.97 Å². The summed E-state index contributed by atoms with van der Waals surface area (Å²) in [6.45, 7) is 4.30. The molecular formula is C51H86O9. The van der Waals surface area contributed by atoms with E-state index in [0.717, 1.165) is 77.0 Å². The van der Waals surface area contributed by atoms with Gasteiger partial charge in [0.2, 0.25) is 0 Å². The summed E-state index contributed by atoms with van der Waals surface area (Å²) in [7, 11) is 0. The zero-order chi connectivity index (χ0) is 43.6. The molecule has 4 N–H and O–H groups in total. The molecule has 1 saturated heterocycles. The Morgan fingerprint density at radius 1 is 0.550 bits per heavy atom. The van der Waals surface area contributed by atoms with Crippen LogP contribution in [-0.4, -0.2) is 89.6 Å². The lowest BCUT2D eigenvalue weighted by molar-refractivity contribution is -0.305. The van der Waals surface area contributed by atoms with Crippen molar-refractivity contribution in [2.75, 3.05) is 26.4 Å². The summed E-state index contributed by atoms with van der Waals surface area (Å²) in [6, 6.07) is 0. The Labute approximate surface area is 365 Å². The van der Waals surface area contributed by atoms with Gasteiger partial charge in [0.05, 0.1) is 19.8 Å². The van der Waals surface area contributed by atoms with Gasteiger partial charge >= 0.3 is 5.97 Å². The minimum atomic E-state index is -1.55. The van der Waals surface area contributed by atoms with Gasteiger partial charge in [-0.15, -0.1) is 0 Å². The van der Waals surface area contributed by atoms with Crippen LogP contribution in [0.15, 0.2) is 85.1 Å². The summed E-state index contributed by atoms with van der Waals surface area (Å²) in [4.78, 5) is 12.8. The Hall–Kier alpha value is -2.63. The second kappa shape index (κ2) is 41.7. The molecule has 9 nitrogen and oxygen atoms in total. The third-order valence-electron chi connectivity index (χ3n) is 10.3. The molecule has 0 bridgehead atoms. The summed E-state index contributed by atoms with van der Waals surface area (Å²) in [5, 5.41) is 40.2. The quantitative estimate of drug-likeness (QED) is 0.0271. The Morgan fingerprint density at radius 3 is 1.53 bits per heavy atom. The summed E-state index contributed by atoms with van der Waals surface area (Å²) in [5.41, 5.74) is 0. The lowest BCUT2D eigenvalue weighted by atomic mass is 9.99. The first kappa shape index (κ1) is 55.4. The molecule has 1 heterocycles. The van der Waals surface area contributed by atoms with Crippen LogP contribution in [0.1, 0.15) is 168 Å². The molecule has 0 radical (unpaired) electrons. The summed E-state index contributed by atoms with van der Waals surface area (Å²) in [6.07, 6.45) is 49.0. The molecule has 1 aliphatic rings. The molecule has 0 saturated carbocycles. The van der Waals surface area contributed by atoms with E-state index >= 15 is 0 Å². The van der Waals surface area contributed by atoms with Crippen LogP contribution in [0, 0.1) is 0 Å². The van der Waals surface area contributed by atoms with Crippen molar-refractivity contribution in [1.29, 1.82) is 0 Å². The fourth-order valence-corrected chi connectivity index (χ4v) is 6.61. The molecular weight excluding hydrogens is 757 g/mol. The number of rotatable bonds is 39. The van der Waals surface area contributed by atoms with Gasteiger partial charge in [0.25, 0.3) is 0 Å². The first-order valence-electron chi connectivity index (χ1n) is 23.7. The van der Waals surface area contributed by atoms with E-state index in [9.17, 15) is 25.2 Å². The first-order valence-corrected chi connectivity index (χ1v) is 23.7. The minimum absolute atomic E-state index is 0.109. The van der Waals surface area contributed by atoms with Gasteiger partial charge in [-0.05, 0) is 89.9 Å². The Kier molecular flexibility index (Phi) is 38.5. The lowest BCUT2D eigenvalue weighted by Gasteiger charge is -2.39. The van der Waals surface area contributed by atoms with Crippen molar-refractivity contribution in [2.45, 2.75) is 205 Å². The van der Waals surface area contributed by atoms with E-state index in [1.807, 2.05) is 0 Å². The molecule has 6 unspecified atom stereocenters. The van der Waals surface area contributed by atoms with E-state index in [1.165, 1.54) is 70.6 Å². The lowest BCUT2D eigenvalue weighted by Crippen LogP contribution is -2.59.